The number of hydrogen-bond donors (Lipinski definition) is 1. The second kappa shape index (κ2) is 9.48. The first-order valence-corrected chi connectivity index (χ1v) is 13.1. The van der Waals surface area contributed by atoms with Crippen LogP contribution in [0, 0.1) is 28.6 Å². The van der Waals surface area contributed by atoms with Crippen molar-refractivity contribution >= 4 is 17.0 Å². The first-order valence-electron chi connectivity index (χ1n) is 11.9. The monoisotopic (exact) mass is 474 g/mol. The van der Waals surface area contributed by atoms with Crippen LogP contribution in [-0.4, -0.2) is 34.7 Å². The summed E-state index contributed by atoms with van der Waals surface area (Å²) in [5, 5.41) is 9.62. The highest BCUT2D eigenvalue weighted by Crippen LogP contribution is 2.61. The van der Waals surface area contributed by atoms with E-state index in [4.69, 9.17) is 9.47 Å². The van der Waals surface area contributed by atoms with Crippen molar-refractivity contribution in [3.05, 3.63) is 34.9 Å². The largest absolute Gasteiger partial charge is 0.464 e. The second-order valence-corrected chi connectivity index (χ2v) is 12.6. The molecule has 1 aromatic rings. The van der Waals surface area contributed by atoms with E-state index in [2.05, 4.69) is 24.6 Å². The molecule has 0 bridgehead atoms. The predicted molar refractivity (Wildman–Crippen MR) is 130 cm³/mol. The summed E-state index contributed by atoms with van der Waals surface area (Å²) in [6.07, 6.45) is 3.17. The average molecular weight is 475 g/mol. The highest BCUT2D eigenvalue weighted by atomic mass is 32.2. The highest BCUT2D eigenvalue weighted by molar-refractivity contribution is 7.84. The van der Waals surface area contributed by atoms with Gasteiger partial charge in [0, 0.05) is 12.5 Å². The Kier molecular flexibility index (Phi) is 7.43. The van der Waals surface area contributed by atoms with E-state index in [1.54, 1.807) is 26.2 Å². The topological polar surface area (TPSA) is 88.4 Å². The maximum atomic E-state index is 14.0. The van der Waals surface area contributed by atoms with Crippen molar-refractivity contribution < 1.29 is 18.5 Å². The number of fused-ring (bicyclic) bond motifs is 1. The van der Waals surface area contributed by atoms with Gasteiger partial charge in [0.05, 0.1) is 40.1 Å². The van der Waals surface area contributed by atoms with Crippen LogP contribution in [0.25, 0.3) is 0 Å². The van der Waals surface area contributed by atoms with Crippen LogP contribution in [-0.2, 0) is 37.2 Å². The SMILES string of the molecule is CCOC(=O)[C@]1(N[S@@](=O)C(C)(C)C)c2cc(C#N)ccc2C[C@@]12C[C@@H](CC)[C@H](OC)[C@@H](C)C2. The normalized spacial score (nSPS) is 32.2. The number of carbonyl (C=O) groups excluding carboxylic acids is 1. The fourth-order valence-electron chi connectivity index (χ4n) is 6.15. The number of ether oxygens (including phenoxy) is 2. The van der Waals surface area contributed by atoms with E-state index in [0.717, 1.165) is 30.4 Å². The van der Waals surface area contributed by atoms with Gasteiger partial charge in [-0.2, -0.15) is 5.26 Å². The van der Waals surface area contributed by atoms with E-state index in [0.29, 0.717) is 12.0 Å². The lowest BCUT2D eigenvalue weighted by Crippen LogP contribution is -2.64. The molecular formula is C26H38N2O4S. The molecule has 33 heavy (non-hydrogen) atoms. The standard InChI is InChI=1S/C26H38N2O4S/c1-8-19-14-25(13-17(3)22(19)31-7)15-20-11-10-18(16-27)12-21(20)26(25,23(29)32-9-2)28-33(30)24(4,5)6/h10-12,17,19,22,28H,8-9,13-15H2,1-7H3/t17-,19+,22+,25+,26+,33-/m0/s1. The number of rotatable bonds is 6. The summed E-state index contributed by atoms with van der Waals surface area (Å²) in [6.45, 7) is 12.0. The van der Waals surface area contributed by atoms with Crippen molar-refractivity contribution in [2.45, 2.75) is 83.6 Å². The Bertz CT molecular complexity index is 966. The first-order chi connectivity index (χ1) is 15.5. The van der Waals surface area contributed by atoms with Crippen LogP contribution in [0.4, 0.5) is 0 Å². The number of nitriles is 1. The molecule has 0 radical (unpaired) electrons. The van der Waals surface area contributed by atoms with Gasteiger partial charge in [0.2, 0.25) is 0 Å². The molecule has 3 rings (SSSR count). The minimum Gasteiger partial charge on any atom is -0.464 e. The van der Waals surface area contributed by atoms with Crippen LogP contribution in [0.1, 0.15) is 77.5 Å². The second-order valence-electron chi connectivity index (χ2n) is 10.6. The van der Waals surface area contributed by atoms with E-state index < -0.39 is 32.7 Å². The quantitative estimate of drug-likeness (QED) is 0.618. The number of esters is 1. The first kappa shape index (κ1) is 25.9. The minimum absolute atomic E-state index is 0.104. The maximum Gasteiger partial charge on any atom is 0.332 e. The maximum absolute atomic E-state index is 14.0. The fraction of sp³-hybridized carbons (Fsp3) is 0.692. The third-order valence-corrected chi connectivity index (χ3v) is 9.14. The Morgan fingerprint density at radius 3 is 2.55 bits per heavy atom. The van der Waals surface area contributed by atoms with Gasteiger partial charge in [0.25, 0.3) is 0 Å². The zero-order valence-corrected chi connectivity index (χ0v) is 21.8. The Morgan fingerprint density at radius 1 is 1.30 bits per heavy atom. The zero-order valence-electron chi connectivity index (χ0n) is 21.0. The van der Waals surface area contributed by atoms with E-state index in [1.807, 2.05) is 26.8 Å². The lowest BCUT2D eigenvalue weighted by Gasteiger charge is -2.53. The van der Waals surface area contributed by atoms with Gasteiger partial charge in [-0.05, 0) is 82.1 Å². The molecule has 0 amide bonds. The van der Waals surface area contributed by atoms with Crippen LogP contribution in [0.2, 0.25) is 0 Å². The van der Waals surface area contributed by atoms with Gasteiger partial charge in [-0.15, -0.1) is 0 Å². The van der Waals surface area contributed by atoms with Crippen molar-refractivity contribution in [3.63, 3.8) is 0 Å². The van der Waals surface area contributed by atoms with Gasteiger partial charge in [-0.25, -0.2) is 13.7 Å². The molecule has 182 valence electrons. The molecule has 2 aliphatic carbocycles. The van der Waals surface area contributed by atoms with E-state index >= 15 is 0 Å². The minimum atomic E-state index is -1.53. The predicted octanol–water partition coefficient (Wildman–Crippen LogP) is 4.38. The van der Waals surface area contributed by atoms with Crippen molar-refractivity contribution in [3.8, 4) is 6.07 Å². The molecule has 6 nitrogen and oxygen atoms in total. The Morgan fingerprint density at radius 2 is 2.00 bits per heavy atom. The van der Waals surface area contributed by atoms with Crippen LogP contribution >= 0.6 is 0 Å². The lowest BCUT2D eigenvalue weighted by molar-refractivity contribution is -0.163. The molecule has 7 heteroatoms. The van der Waals surface area contributed by atoms with Gasteiger partial charge >= 0.3 is 5.97 Å². The van der Waals surface area contributed by atoms with E-state index in [9.17, 15) is 14.3 Å². The van der Waals surface area contributed by atoms with Gasteiger partial charge in [0.15, 0.2) is 5.54 Å². The number of nitrogens with one attached hydrogen (secondary N) is 1. The van der Waals surface area contributed by atoms with Crippen molar-refractivity contribution in [2.75, 3.05) is 13.7 Å². The van der Waals surface area contributed by atoms with Crippen LogP contribution < -0.4 is 4.72 Å². The molecule has 0 aliphatic heterocycles. The molecular weight excluding hydrogens is 436 g/mol. The summed E-state index contributed by atoms with van der Waals surface area (Å²) in [5.41, 5.74) is 0.387. The molecule has 0 saturated heterocycles. The number of methoxy groups -OCH3 is 1. The third kappa shape index (κ3) is 4.26. The molecule has 0 aromatic heterocycles. The van der Waals surface area contributed by atoms with Crippen molar-refractivity contribution in [1.29, 1.82) is 5.26 Å². The molecule has 1 spiro atoms. The average Bonchev–Trinajstić information content (AvgIpc) is 3.01. The Balaban J connectivity index is 2.30. The summed E-state index contributed by atoms with van der Waals surface area (Å²) in [7, 11) is 0.226. The van der Waals surface area contributed by atoms with Crippen molar-refractivity contribution in [2.24, 2.45) is 17.3 Å². The molecule has 0 unspecified atom stereocenters. The van der Waals surface area contributed by atoms with Crippen molar-refractivity contribution in [1.82, 2.24) is 4.72 Å². The zero-order chi connectivity index (χ0) is 24.6. The Labute approximate surface area is 201 Å². The molecule has 1 saturated carbocycles. The molecule has 0 heterocycles. The summed E-state index contributed by atoms with van der Waals surface area (Å²) in [6, 6.07) is 7.76. The highest BCUT2D eigenvalue weighted by Gasteiger charge is 2.66. The summed E-state index contributed by atoms with van der Waals surface area (Å²) < 4.78 is 27.9. The number of benzene rings is 1. The smallest absolute Gasteiger partial charge is 0.332 e. The fourth-order valence-corrected chi connectivity index (χ4v) is 7.14. The molecule has 6 atom stereocenters. The lowest BCUT2D eigenvalue weighted by atomic mass is 9.56. The molecule has 1 aromatic carbocycles. The van der Waals surface area contributed by atoms with Gasteiger partial charge in [-0.3, -0.25) is 0 Å². The van der Waals surface area contributed by atoms with Crippen LogP contribution in [0.5, 0.6) is 0 Å². The number of carbonyl (C=O) groups is 1. The number of hydrogen-bond acceptors (Lipinski definition) is 5. The summed E-state index contributed by atoms with van der Waals surface area (Å²) in [5.74, 6) is 0.0497. The summed E-state index contributed by atoms with van der Waals surface area (Å²) >= 11 is 0. The van der Waals surface area contributed by atoms with Gasteiger partial charge < -0.3 is 9.47 Å². The van der Waals surface area contributed by atoms with Gasteiger partial charge in [-0.1, -0.05) is 26.3 Å². The van der Waals surface area contributed by atoms with E-state index in [-0.39, 0.29) is 24.5 Å². The Hall–Kier alpha value is -1.75. The molecule has 1 N–H and O–H groups in total. The van der Waals surface area contributed by atoms with Crippen LogP contribution in [0.15, 0.2) is 18.2 Å². The third-order valence-electron chi connectivity index (χ3n) is 7.54. The van der Waals surface area contributed by atoms with Crippen LogP contribution in [0.3, 0.4) is 0 Å². The number of nitrogens with zero attached hydrogens (tertiary/aromatic N) is 1. The van der Waals surface area contributed by atoms with Gasteiger partial charge in [0.1, 0.15) is 0 Å². The summed E-state index contributed by atoms with van der Waals surface area (Å²) in [4.78, 5) is 14.0. The molecule has 2 aliphatic rings. The molecule has 1 fully saturated rings. The van der Waals surface area contributed by atoms with E-state index in [1.165, 1.54) is 0 Å².